The van der Waals surface area contributed by atoms with E-state index in [0.717, 1.165) is 0 Å². The molecular weight excluding hydrogens is 258 g/mol. The van der Waals surface area contributed by atoms with Gasteiger partial charge in [0.05, 0.1) is 12.2 Å². The third-order valence-corrected chi connectivity index (χ3v) is 3.56. The number of carbonyl (C=O) groups is 1. The minimum Gasteiger partial charge on any atom is -0.395 e. The Balaban J connectivity index is 2.77. The van der Waals surface area contributed by atoms with Crippen LogP contribution in [0.1, 0.15) is 29.3 Å². The highest BCUT2D eigenvalue weighted by atomic mass is 32.2. The van der Waals surface area contributed by atoms with E-state index in [1.807, 2.05) is 24.5 Å². The quantitative estimate of drug-likeness (QED) is 0.808. The van der Waals surface area contributed by atoms with Crippen molar-refractivity contribution in [2.75, 3.05) is 19.4 Å². The van der Waals surface area contributed by atoms with Crippen molar-refractivity contribution in [1.29, 1.82) is 0 Å². The van der Waals surface area contributed by atoms with Crippen LogP contribution >= 0.6 is 11.8 Å². The van der Waals surface area contributed by atoms with E-state index < -0.39 is 0 Å². The zero-order chi connectivity index (χ0) is 14.1. The Kier molecular flexibility index (Phi) is 7.09. The standard InChI is InChI=1S/C15H19NO2S/c1-12(19-2)11-16-15(18)14-9-4-3-7-13(14)8-5-6-10-17/h3-4,7,9,12,17H,6,10-11H2,1-2H3,(H,16,18). The maximum absolute atomic E-state index is 12.1. The minimum atomic E-state index is -0.102. The molecule has 102 valence electrons. The number of aliphatic hydroxyl groups is 1. The summed E-state index contributed by atoms with van der Waals surface area (Å²) in [5.74, 6) is 5.66. The molecule has 0 aliphatic rings. The Bertz CT molecular complexity index is 477. The van der Waals surface area contributed by atoms with Gasteiger partial charge in [-0.25, -0.2) is 0 Å². The lowest BCUT2D eigenvalue weighted by atomic mass is 10.1. The van der Waals surface area contributed by atoms with Gasteiger partial charge in [-0.05, 0) is 18.4 Å². The SMILES string of the molecule is CSC(C)CNC(=O)c1ccccc1C#CCCO. The van der Waals surface area contributed by atoms with Crippen LogP contribution in [0.5, 0.6) is 0 Å². The molecule has 0 fully saturated rings. The van der Waals surface area contributed by atoms with Crippen LogP contribution in [0.3, 0.4) is 0 Å². The van der Waals surface area contributed by atoms with Gasteiger partial charge in [0.2, 0.25) is 0 Å². The van der Waals surface area contributed by atoms with Gasteiger partial charge in [-0.2, -0.15) is 11.8 Å². The van der Waals surface area contributed by atoms with Crippen molar-refractivity contribution in [2.24, 2.45) is 0 Å². The maximum Gasteiger partial charge on any atom is 0.252 e. The van der Waals surface area contributed by atoms with Gasteiger partial charge in [0.1, 0.15) is 0 Å². The number of thioether (sulfide) groups is 1. The number of amides is 1. The number of aliphatic hydroxyl groups excluding tert-OH is 1. The lowest BCUT2D eigenvalue weighted by Crippen LogP contribution is -2.29. The highest BCUT2D eigenvalue weighted by Gasteiger charge is 2.10. The largest absolute Gasteiger partial charge is 0.395 e. The molecule has 1 amide bonds. The zero-order valence-corrected chi connectivity index (χ0v) is 12.1. The third kappa shape index (κ3) is 5.37. The Morgan fingerprint density at radius 1 is 1.47 bits per heavy atom. The fourth-order valence-corrected chi connectivity index (χ4v) is 1.67. The highest BCUT2D eigenvalue weighted by Crippen LogP contribution is 2.08. The van der Waals surface area contributed by atoms with Gasteiger partial charge in [-0.1, -0.05) is 30.9 Å². The molecule has 0 aliphatic carbocycles. The summed E-state index contributed by atoms with van der Waals surface area (Å²) in [5, 5.41) is 12.0. The van der Waals surface area contributed by atoms with E-state index in [0.29, 0.717) is 29.3 Å². The van der Waals surface area contributed by atoms with Crippen LogP contribution < -0.4 is 5.32 Å². The predicted molar refractivity (Wildman–Crippen MR) is 80.3 cm³/mol. The van der Waals surface area contributed by atoms with Crippen molar-refractivity contribution >= 4 is 17.7 Å². The first-order chi connectivity index (χ1) is 9.19. The van der Waals surface area contributed by atoms with Gasteiger partial charge in [0.15, 0.2) is 0 Å². The van der Waals surface area contributed by atoms with Crippen LogP contribution in [0, 0.1) is 11.8 Å². The molecule has 1 unspecified atom stereocenters. The molecule has 3 nitrogen and oxygen atoms in total. The van der Waals surface area contributed by atoms with Crippen LogP contribution in [0.2, 0.25) is 0 Å². The van der Waals surface area contributed by atoms with Crippen LogP contribution in [0.15, 0.2) is 24.3 Å². The highest BCUT2D eigenvalue weighted by molar-refractivity contribution is 7.99. The normalized spacial score (nSPS) is 11.3. The first-order valence-electron chi connectivity index (χ1n) is 6.18. The smallest absolute Gasteiger partial charge is 0.252 e. The van der Waals surface area contributed by atoms with Gasteiger partial charge in [0.25, 0.3) is 5.91 Å². The Hall–Kier alpha value is -1.44. The van der Waals surface area contributed by atoms with Crippen LogP contribution in [-0.4, -0.2) is 35.7 Å². The van der Waals surface area contributed by atoms with E-state index in [9.17, 15) is 4.79 Å². The Labute approximate surface area is 118 Å². The number of carbonyl (C=O) groups excluding carboxylic acids is 1. The fourth-order valence-electron chi connectivity index (χ4n) is 1.42. The van der Waals surface area contributed by atoms with Gasteiger partial charge in [-0.3, -0.25) is 4.79 Å². The second-order valence-corrected chi connectivity index (χ2v) is 5.35. The maximum atomic E-state index is 12.1. The van der Waals surface area contributed by atoms with Crippen molar-refractivity contribution in [3.05, 3.63) is 35.4 Å². The van der Waals surface area contributed by atoms with Crippen LogP contribution in [-0.2, 0) is 0 Å². The molecule has 1 aromatic carbocycles. The molecule has 0 heterocycles. The summed E-state index contributed by atoms with van der Waals surface area (Å²) >= 11 is 1.71. The van der Waals surface area contributed by atoms with E-state index in [-0.39, 0.29) is 12.5 Å². The average molecular weight is 277 g/mol. The number of hydrogen-bond donors (Lipinski definition) is 2. The first kappa shape index (κ1) is 15.6. The third-order valence-electron chi connectivity index (χ3n) is 2.58. The molecule has 0 spiro atoms. The van der Waals surface area contributed by atoms with Crippen molar-refractivity contribution < 1.29 is 9.90 Å². The van der Waals surface area contributed by atoms with Crippen molar-refractivity contribution in [3.8, 4) is 11.8 Å². The molecule has 0 saturated carbocycles. The Morgan fingerprint density at radius 2 is 2.21 bits per heavy atom. The molecular formula is C15H19NO2S. The van der Waals surface area contributed by atoms with Gasteiger partial charge in [-0.15, -0.1) is 0 Å². The van der Waals surface area contributed by atoms with E-state index in [4.69, 9.17) is 5.11 Å². The summed E-state index contributed by atoms with van der Waals surface area (Å²) in [4.78, 5) is 12.1. The molecule has 19 heavy (non-hydrogen) atoms. The molecule has 1 atom stereocenters. The number of benzene rings is 1. The molecule has 1 aromatic rings. The molecule has 4 heteroatoms. The summed E-state index contributed by atoms with van der Waals surface area (Å²) < 4.78 is 0. The van der Waals surface area contributed by atoms with E-state index in [1.165, 1.54) is 0 Å². The molecule has 2 N–H and O–H groups in total. The average Bonchev–Trinajstić information content (AvgIpc) is 2.45. The Morgan fingerprint density at radius 3 is 2.89 bits per heavy atom. The molecule has 0 aliphatic heterocycles. The topological polar surface area (TPSA) is 49.3 Å². The fraction of sp³-hybridized carbons (Fsp3) is 0.400. The molecule has 0 radical (unpaired) electrons. The zero-order valence-electron chi connectivity index (χ0n) is 11.3. The molecule has 0 bridgehead atoms. The van der Waals surface area contributed by atoms with E-state index in [1.54, 1.807) is 17.8 Å². The van der Waals surface area contributed by atoms with Gasteiger partial charge < -0.3 is 10.4 Å². The summed E-state index contributed by atoms with van der Waals surface area (Å²) in [6, 6.07) is 7.26. The predicted octanol–water partition coefficient (Wildman–Crippen LogP) is 1.90. The van der Waals surface area contributed by atoms with Crippen LogP contribution in [0.25, 0.3) is 0 Å². The molecule has 0 saturated heterocycles. The van der Waals surface area contributed by atoms with E-state index in [2.05, 4.69) is 24.1 Å². The number of rotatable bonds is 5. The van der Waals surface area contributed by atoms with Crippen molar-refractivity contribution in [2.45, 2.75) is 18.6 Å². The summed E-state index contributed by atoms with van der Waals surface area (Å²) in [5.41, 5.74) is 1.28. The lowest BCUT2D eigenvalue weighted by molar-refractivity contribution is 0.0954. The second-order valence-electron chi connectivity index (χ2n) is 4.08. The van der Waals surface area contributed by atoms with E-state index >= 15 is 0 Å². The molecule has 1 rings (SSSR count). The lowest BCUT2D eigenvalue weighted by Gasteiger charge is -2.10. The monoisotopic (exact) mass is 277 g/mol. The number of hydrogen-bond acceptors (Lipinski definition) is 3. The second kappa shape index (κ2) is 8.63. The van der Waals surface area contributed by atoms with Crippen LogP contribution in [0.4, 0.5) is 0 Å². The summed E-state index contributed by atoms with van der Waals surface area (Å²) in [6.07, 6.45) is 2.44. The van der Waals surface area contributed by atoms with Crippen molar-refractivity contribution in [3.63, 3.8) is 0 Å². The summed E-state index contributed by atoms with van der Waals surface area (Å²) in [6.45, 7) is 2.74. The number of nitrogens with one attached hydrogen (secondary N) is 1. The van der Waals surface area contributed by atoms with Gasteiger partial charge >= 0.3 is 0 Å². The van der Waals surface area contributed by atoms with Crippen molar-refractivity contribution in [1.82, 2.24) is 5.32 Å². The minimum absolute atomic E-state index is 0.0343. The first-order valence-corrected chi connectivity index (χ1v) is 7.47. The molecule has 0 aromatic heterocycles. The summed E-state index contributed by atoms with van der Waals surface area (Å²) in [7, 11) is 0. The van der Waals surface area contributed by atoms with Gasteiger partial charge in [0, 0.05) is 23.8 Å².